The summed E-state index contributed by atoms with van der Waals surface area (Å²) >= 11 is 1.63. The van der Waals surface area contributed by atoms with Crippen molar-refractivity contribution in [3.8, 4) is 22.2 Å². The minimum absolute atomic E-state index is 0.498. The van der Waals surface area contributed by atoms with E-state index in [0.29, 0.717) is 30.5 Å². The first kappa shape index (κ1) is 16.5. The molecule has 0 spiro atoms. The molecule has 0 bridgehead atoms. The summed E-state index contributed by atoms with van der Waals surface area (Å²) in [6.07, 6.45) is 5.41. The third-order valence-electron chi connectivity index (χ3n) is 3.67. The van der Waals surface area contributed by atoms with Crippen LogP contribution in [0.25, 0.3) is 22.2 Å². The van der Waals surface area contributed by atoms with Gasteiger partial charge in [0, 0.05) is 30.7 Å². The molecular weight excluding hydrogens is 348 g/mol. The highest BCUT2D eigenvalue weighted by Crippen LogP contribution is 2.20. The van der Waals surface area contributed by atoms with E-state index in [1.807, 2.05) is 55.2 Å². The maximum atomic E-state index is 5.32. The van der Waals surface area contributed by atoms with E-state index in [9.17, 15) is 0 Å². The van der Waals surface area contributed by atoms with Crippen LogP contribution in [0.4, 0.5) is 0 Å². The second-order valence-electron chi connectivity index (χ2n) is 5.79. The van der Waals surface area contributed by atoms with Gasteiger partial charge in [-0.15, -0.1) is 11.3 Å². The Balaban J connectivity index is 1.38. The monoisotopic (exact) mass is 364 g/mol. The first-order chi connectivity index (χ1) is 12.8. The Morgan fingerprint density at radius 3 is 2.62 bits per heavy atom. The van der Waals surface area contributed by atoms with Crippen molar-refractivity contribution in [1.29, 1.82) is 0 Å². The normalized spacial score (nSPS) is 11.2. The average Bonchev–Trinajstić information content (AvgIpc) is 3.35. The molecule has 4 rings (SSSR count). The second-order valence-corrected chi connectivity index (χ2v) is 6.74. The molecule has 4 aromatic rings. The van der Waals surface area contributed by atoms with Crippen molar-refractivity contribution >= 4 is 11.3 Å². The summed E-state index contributed by atoms with van der Waals surface area (Å²) in [5.41, 5.74) is 1.72. The zero-order chi connectivity index (χ0) is 17.8. The SMILES string of the molecule is CN(Cc1cnc(-c2cccs2)nc1)Cc1nc(-c2ccccn2)no1. The van der Waals surface area contributed by atoms with Crippen LogP contribution in [0.15, 0.2) is 58.8 Å². The number of nitrogens with zero attached hydrogens (tertiary/aromatic N) is 6. The van der Waals surface area contributed by atoms with Crippen LogP contribution in [-0.2, 0) is 13.1 Å². The summed E-state index contributed by atoms with van der Waals surface area (Å²) in [5, 5.41) is 6.01. The lowest BCUT2D eigenvalue weighted by atomic mass is 10.3. The first-order valence-electron chi connectivity index (χ1n) is 8.05. The van der Waals surface area contributed by atoms with Gasteiger partial charge in [-0.05, 0) is 30.6 Å². The molecule has 0 fully saturated rings. The van der Waals surface area contributed by atoms with E-state index in [0.717, 1.165) is 16.3 Å². The van der Waals surface area contributed by atoms with Gasteiger partial charge < -0.3 is 4.52 Å². The molecule has 4 heterocycles. The minimum atomic E-state index is 0.498. The highest BCUT2D eigenvalue weighted by molar-refractivity contribution is 7.13. The van der Waals surface area contributed by atoms with Crippen molar-refractivity contribution in [2.45, 2.75) is 13.1 Å². The standard InChI is InChI=1S/C18H16N6OS/c1-24(11-13-9-20-18(21-10-13)15-6-4-8-26-15)12-16-22-17(23-25-16)14-5-2-3-7-19-14/h2-10H,11-12H2,1H3. The van der Waals surface area contributed by atoms with Gasteiger partial charge >= 0.3 is 0 Å². The molecule has 0 aliphatic carbocycles. The molecule has 0 atom stereocenters. The molecule has 0 radical (unpaired) electrons. The van der Waals surface area contributed by atoms with Crippen molar-refractivity contribution in [3.63, 3.8) is 0 Å². The molecule has 0 N–H and O–H groups in total. The Bertz CT molecular complexity index is 953. The van der Waals surface area contributed by atoms with Gasteiger partial charge in [-0.2, -0.15) is 4.98 Å². The molecule has 0 aliphatic rings. The van der Waals surface area contributed by atoms with E-state index in [4.69, 9.17) is 4.52 Å². The Hall–Kier alpha value is -2.97. The van der Waals surface area contributed by atoms with Crippen LogP contribution in [0.5, 0.6) is 0 Å². The molecule has 4 aromatic heterocycles. The molecule has 0 aromatic carbocycles. The maximum absolute atomic E-state index is 5.32. The topological polar surface area (TPSA) is 80.8 Å². The summed E-state index contributed by atoms with van der Waals surface area (Å²) in [5.74, 6) is 1.80. The summed E-state index contributed by atoms with van der Waals surface area (Å²) in [4.78, 5) is 20.6. The fourth-order valence-electron chi connectivity index (χ4n) is 2.49. The van der Waals surface area contributed by atoms with E-state index in [2.05, 4.69) is 30.0 Å². The lowest BCUT2D eigenvalue weighted by molar-refractivity contribution is 0.260. The minimum Gasteiger partial charge on any atom is -0.337 e. The molecule has 7 nitrogen and oxygen atoms in total. The van der Waals surface area contributed by atoms with Gasteiger partial charge in [0.05, 0.1) is 11.4 Å². The Morgan fingerprint density at radius 1 is 1.00 bits per heavy atom. The zero-order valence-corrected chi connectivity index (χ0v) is 14.9. The molecule has 0 amide bonds. The highest BCUT2D eigenvalue weighted by Gasteiger charge is 2.12. The fraction of sp³-hybridized carbons (Fsp3) is 0.167. The number of hydrogen-bond acceptors (Lipinski definition) is 8. The number of thiophene rings is 1. The predicted octanol–water partition coefficient (Wildman–Crippen LogP) is 3.28. The van der Waals surface area contributed by atoms with E-state index in [-0.39, 0.29) is 0 Å². The fourth-order valence-corrected chi connectivity index (χ4v) is 3.16. The zero-order valence-electron chi connectivity index (χ0n) is 14.1. The van der Waals surface area contributed by atoms with Crippen molar-refractivity contribution < 1.29 is 4.52 Å². The van der Waals surface area contributed by atoms with E-state index in [1.54, 1.807) is 17.5 Å². The van der Waals surface area contributed by atoms with Crippen LogP contribution < -0.4 is 0 Å². The van der Waals surface area contributed by atoms with Crippen LogP contribution in [0.1, 0.15) is 11.5 Å². The Labute approximate surface area is 154 Å². The van der Waals surface area contributed by atoms with Crippen molar-refractivity contribution in [3.05, 3.63) is 65.8 Å². The second kappa shape index (κ2) is 7.51. The van der Waals surface area contributed by atoms with Crippen molar-refractivity contribution in [1.82, 2.24) is 30.0 Å². The van der Waals surface area contributed by atoms with Gasteiger partial charge in [-0.25, -0.2) is 9.97 Å². The molecule has 8 heteroatoms. The number of pyridine rings is 1. The Morgan fingerprint density at radius 2 is 1.88 bits per heavy atom. The van der Waals surface area contributed by atoms with Crippen molar-refractivity contribution in [2.24, 2.45) is 0 Å². The largest absolute Gasteiger partial charge is 0.337 e. The predicted molar refractivity (Wildman–Crippen MR) is 98.0 cm³/mol. The van der Waals surface area contributed by atoms with E-state index in [1.165, 1.54) is 0 Å². The molecule has 26 heavy (non-hydrogen) atoms. The van der Waals surface area contributed by atoms with Crippen LogP contribution in [-0.4, -0.2) is 37.0 Å². The maximum Gasteiger partial charge on any atom is 0.241 e. The summed E-state index contributed by atoms with van der Waals surface area (Å²) in [7, 11) is 1.98. The van der Waals surface area contributed by atoms with E-state index >= 15 is 0 Å². The summed E-state index contributed by atoms with van der Waals surface area (Å²) in [6.45, 7) is 1.22. The lowest BCUT2D eigenvalue weighted by Gasteiger charge is -2.13. The van der Waals surface area contributed by atoms with Crippen LogP contribution in [0.3, 0.4) is 0 Å². The summed E-state index contributed by atoms with van der Waals surface area (Å²) < 4.78 is 5.32. The lowest BCUT2D eigenvalue weighted by Crippen LogP contribution is -2.17. The number of aromatic nitrogens is 5. The molecule has 0 aliphatic heterocycles. The van der Waals surface area contributed by atoms with Gasteiger partial charge in [0.25, 0.3) is 0 Å². The third-order valence-corrected chi connectivity index (χ3v) is 4.53. The summed E-state index contributed by atoms with van der Waals surface area (Å²) in [6, 6.07) is 9.61. The molecular formula is C18H16N6OS. The average molecular weight is 364 g/mol. The number of hydrogen-bond donors (Lipinski definition) is 0. The smallest absolute Gasteiger partial charge is 0.241 e. The van der Waals surface area contributed by atoms with Gasteiger partial charge in [0.1, 0.15) is 5.69 Å². The van der Waals surface area contributed by atoms with Crippen LogP contribution in [0.2, 0.25) is 0 Å². The van der Waals surface area contributed by atoms with Crippen LogP contribution >= 0.6 is 11.3 Å². The van der Waals surface area contributed by atoms with Gasteiger partial charge in [-0.1, -0.05) is 17.3 Å². The highest BCUT2D eigenvalue weighted by atomic mass is 32.1. The molecule has 130 valence electrons. The third kappa shape index (κ3) is 3.81. The molecule has 0 unspecified atom stereocenters. The van der Waals surface area contributed by atoms with Gasteiger partial charge in [-0.3, -0.25) is 9.88 Å². The van der Waals surface area contributed by atoms with Crippen molar-refractivity contribution in [2.75, 3.05) is 7.05 Å². The molecule has 0 saturated carbocycles. The van der Waals surface area contributed by atoms with Gasteiger partial charge in [0.2, 0.25) is 11.7 Å². The first-order valence-corrected chi connectivity index (χ1v) is 8.93. The Kier molecular flexibility index (Phi) is 4.76. The quantitative estimate of drug-likeness (QED) is 0.519. The van der Waals surface area contributed by atoms with Gasteiger partial charge in [0.15, 0.2) is 5.82 Å². The van der Waals surface area contributed by atoms with Crippen LogP contribution in [0, 0.1) is 0 Å². The number of rotatable bonds is 6. The molecule has 0 saturated heterocycles. The van der Waals surface area contributed by atoms with E-state index < -0.39 is 0 Å².